The van der Waals surface area contributed by atoms with Gasteiger partial charge in [0.25, 0.3) is 0 Å². The molecule has 6 heteroatoms. The van der Waals surface area contributed by atoms with E-state index >= 15 is 0 Å². The summed E-state index contributed by atoms with van der Waals surface area (Å²) in [5.74, 6) is 0.693. The molecule has 2 rings (SSSR count). The Hall–Kier alpha value is -1.43. The molecule has 1 aliphatic carbocycles. The molecular weight excluding hydrogens is 232 g/mol. The van der Waals surface area contributed by atoms with Crippen molar-refractivity contribution in [2.75, 3.05) is 13.2 Å². The molecule has 18 heavy (non-hydrogen) atoms. The Morgan fingerprint density at radius 2 is 2.33 bits per heavy atom. The number of hydrogen-bond acceptors (Lipinski definition) is 4. The van der Waals surface area contributed by atoms with E-state index in [0.717, 1.165) is 19.3 Å². The van der Waals surface area contributed by atoms with Crippen LogP contribution >= 0.6 is 0 Å². The van der Waals surface area contributed by atoms with Crippen LogP contribution in [0.1, 0.15) is 32.2 Å². The van der Waals surface area contributed by atoms with Gasteiger partial charge in [-0.05, 0) is 31.6 Å². The summed E-state index contributed by atoms with van der Waals surface area (Å²) < 4.78 is 1.54. The van der Waals surface area contributed by atoms with E-state index in [9.17, 15) is 9.90 Å². The molecule has 1 heterocycles. The molecule has 0 aliphatic heterocycles. The van der Waals surface area contributed by atoms with Gasteiger partial charge in [0.15, 0.2) is 0 Å². The first-order valence-corrected chi connectivity index (χ1v) is 6.45. The number of aromatic nitrogens is 3. The molecule has 3 unspecified atom stereocenters. The lowest BCUT2D eigenvalue weighted by Gasteiger charge is -2.19. The van der Waals surface area contributed by atoms with Crippen molar-refractivity contribution in [3.8, 4) is 0 Å². The first kappa shape index (κ1) is 13.0. The summed E-state index contributed by atoms with van der Waals surface area (Å²) in [6, 6.07) is -0.346. The van der Waals surface area contributed by atoms with Gasteiger partial charge in [0.1, 0.15) is 18.7 Å². The van der Waals surface area contributed by atoms with Crippen molar-refractivity contribution in [3.63, 3.8) is 0 Å². The van der Waals surface area contributed by atoms with Gasteiger partial charge in [0.2, 0.25) is 5.91 Å². The zero-order valence-corrected chi connectivity index (χ0v) is 10.6. The molecular formula is C12H20N4O2. The summed E-state index contributed by atoms with van der Waals surface area (Å²) >= 11 is 0. The molecule has 1 amide bonds. The van der Waals surface area contributed by atoms with Crippen molar-refractivity contribution >= 4 is 5.91 Å². The van der Waals surface area contributed by atoms with Gasteiger partial charge in [0.05, 0.1) is 0 Å². The minimum atomic E-state index is -0.346. The number of amides is 1. The molecule has 0 spiro atoms. The van der Waals surface area contributed by atoms with E-state index in [4.69, 9.17) is 0 Å². The lowest BCUT2D eigenvalue weighted by atomic mass is 9.97. The molecule has 1 saturated carbocycles. The predicted molar refractivity (Wildman–Crippen MR) is 65.7 cm³/mol. The van der Waals surface area contributed by atoms with Crippen LogP contribution in [0.15, 0.2) is 12.7 Å². The van der Waals surface area contributed by atoms with E-state index in [1.54, 1.807) is 6.92 Å². The van der Waals surface area contributed by atoms with E-state index in [1.807, 2.05) is 0 Å². The number of rotatable bonds is 5. The van der Waals surface area contributed by atoms with Crippen molar-refractivity contribution in [1.29, 1.82) is 0 Å². The van der Waals surface area contributed by atoms with Gasteiger partial charge in [-0.25, -0.2) is 9.67 Å². The van der Waals surface area contributed by atoms with Crippen LogP contribution in [0.25, 0.3) is 0 Å². The second-order valence-electron chi connectivity index (χ2n) is 4.93. The fourth-order valence-electron chi connectivity index (χ4n) is 2.54. The van der Waals surface area contributed by atoms with Gasteiger partial charge in [-0.1, -0.05) is 6.42 Å². The summed E-state index contributed by atoms with van der Waals surface area (Å²) in [6.07, 6.45) is 6.25. The maximum atomic E-state index is 11.9. The van der Waals surface area contributed by atoms with Crippen LogP contribution in [0.4, 0.5) is 0 Å². The maximum absolute atomic E-state index is 11.9. The van der Waals surface area contributed by atoms with Crippen molar-refractivity contribution in [2.45, 2.75) is 32.2 Å². The largest absolute Gasteiger partial charge is 0.396 e. The molecule has 100 valence electrons. The van der Waals surface area contributed by atoms with E-state index < -0.39 is 0 Å². The number of aliphatic hydroxyl groups is 1. The fourth-order valence-corrected chi connectivity index (χ4v) is 2.54. The van der Waals surface area contributed by atoms with Gasteiger partial charge < -0.3 is 10.4 Å². The third-order valence-electron chi connectivity index (χ3n) is 3.80. The Bertz CT molecular complexity index is 379. The summed E-state index contributed by atoms with van der Waals surface area (Å²) in [6.45, 7) is 2.66. The van der Waals surface area contributed by atoms with E-state index in [0.29, 0.717) is 18.4 Å². The minimum Gasteiger partial charge on any atom is -0.396 e. The Kier molecular flexibility index (Phi) is 4.30. The molecule has 1 fully saturated rings. The molecule has 0 radical (unpaired) electrons. The lowest BCUT2D eigenvalue weighted by molar-refractivity contribution is -0.124. The zero-order chi connectivity index (χ0) is 13.0. The van der Waals surface area contributed by atoms with Gasteiger partial charge in [-0.3, -0.25) is 4.79 Å². The number of nitrogens with one attached hydrogen (secondary N) is 1. The number of carbonyl (C=O) groups excluding carboxylic acids is 1. The fraction of sp³-hybridized carbons (Fsp3) is 0.750. The Labute approximate surface area is 106 Å². The highest BCUT2D eigenvalue weighted by Crippen LogP contribution is 2.30. The first-order valence-electron chi connectivity index (χ1n) is 6.45. The van der Waals surface area contributed by atoms with Crippen LogP contribution in [0.2, 0.25) is 0 Å². The highest BCUT2D eigenvalue weighted by Gasteiger charge is 2.27. The average molecular weight is 252 g/mol. The quantitative estimate of drug-likeness (QED) is 0.793. The molecule has 1 aliphatic rings. The molecule has 1 aromatic rings. The van der Waals surface area contributed by atoms with Crippen molar-refractivity contribution < 1.29 is 9.90 Å². The maximum Gasteiger partial charge on any atom is 0.244 e. The standard InChI is InChI=1S/C12H20N4O2/c1-9(16-8-13-7-15-16)12(18)14-5-10-3-2-4-11(10)6-17/h7-11,17H,2-6H2,1H3,(H,14,18). The highest BCUT2D eigenvalue weighted by atomic mass is 16.3. The van der Waals surface area contributed by atoms with Crippen LogP contribution in [-0.2, 0) is 4.79 Å². The van der Waals surface area contributed by atoms with Gasteiger partial charge >= 0.3 is 0 Å². The molecule has 6 nitrogen and oxygen atoms in total. The molecule has 2 N–H and O–H groups in total. The highest BCUT2D eigenvalue weighted by molar-refractivity contribution is 5.79. The van der Waals surface area contributed by atoms with Gasteiger partial charge in [-0.15, -0.1) is 0 Å². The van der Waals surface area contributed by atoms with E-state index in [-0.39, 0.29) is 18.6 Å². The molecule has 0 bridgehead atoms. The lowest BCUT2D eigenvalue weighted by Crippen LogP contribution is -2.36. The molecule has 0 aromatic carbocycles. The first-order chi connectivity index (χ1) is 8.72. The molecule has 1 aromatic heterocycles. The summed E-state index contributed by atoms with van der Waals surface area (Å²) in [5.41, 5.74) is 0. The van der Waals surface area contributed by atoms with Crippen LogP contribution in [0.3, 0.4) is 0 Å². The van der Waals surface area contributed by atoms with E-state index in [1.165, 1.54) is 17.3 Å². The molecule has 0 saturated heterocycles. The number of aliphatic hydroxyl groups excluding tert-OH is 1. The normalized spacial score (nSPS) is 25.0. The monoisotopic (exact) mass is 252 g/mol. The van der Waals surface area contributed by atoms with Crippen LogP contribution in [0.5, 0.6) is 0 Å². The Balaban J connectivity index is 1.81. The number of hydrogen-bond donors (Lipinski definition) is 2. The third kappa shape index (κ3) is 2.87. The van der Waals surface area contributed by atoms with Gasteiger partial charge in [0, 0.05) is 13.2 Å². The number of nitrogens with zero attached hydrogens (tertiary/aromatic N) is 3. The Morgan fingerprint density at radius 1 is 1.56 bits per heavy atom. The van der Waals surface area contributed by atoms with Crippen LogP contribution < -0.4 is 5.32 Å². The second kappa shape index (κ2) is 5.95. The summed E-state index contributed by atoms with van der Waals surface area (Å²) in [4.78, 5) is 15.8. The van der Waals surface area contributed by atoms with Gasteiger partial charge in [-0.2, -0.15) is 5.10 Å². The van der Waals surface area contributed by atoms with Crippen molar-refractivity contribution in [2.24, 2.45) is 11.8 Å². The summed E-state index contributed by atoms with van der Waals surface area (Å²) in [7, 11) is 0. The third-order valence-corrected chi connectivity index (χ3v) is 3.80. The van der Waals surface area contributed by atoms with Crippen molar-refractivity contribution in [3.05, 3.63) is 12.7 Å². The minimum absolute atomic E-state index is 0.0518. The predicted octanol–water partition coefficient (Wildman–Crippen LogP) is 0.364. The topological polar surface area (TPSA) is 80.0 Å². The second-order valence-corrected chi connectivity index (χ2v) is 4.93. The number of carbonyl (C=O) groups is 1. The van der Waals surface area contributed by atoms with Crippen LogP contribution in [0, 0.1) is 11.8 Å². The van der Waals surface area contributed by atoms with E-state index in [2.05, 4.69) is 15.4 Å². The smallest absolute Gasteiger partial charge is 0.244 e. The summed E-state index contributed by atoms with van der Waals surface area (Å²) in [5, 5.41) is 16.1. The van der Waals surface area contributed by atoms with Crippen molar-refractivity contribution in [1.82, 2.24) is 20.1 Å². The van der Waals surface area contributed by atoms with Crippen LogP contribution in [-0.4, -0.2) is 38.9 Å². The SMILES string of the molecule is CC(C(=O)NCC1CCCC1CO)n1cncn1. The molecule has 3 atom stereocenters. The average Bonchev–Trinajstić information content (AvgIpc) is 3.05. The zero-order valence-electron chi connectivity index (χ0n) is 10.6. The Morgan fingerprint density at radius 3 is 3.00 bits per heavy atom.